The van der Waals surface area contributed by atoms with Gasteiger partial charge in [0.15, 0.2) is 5.69 Å². The topological polar surface area (TPSA) is 56.7 Å². The second-order valence-electron chi connectivity index (χ2n) is 5.47. The van der Waals surface area contributed by atoms with Crippen LogP contribution in [0, 0.1) is 0 Å². The molecule has 102 valence electrons. The Morgan fingerprint density at radius 1 is 1.32 bits per heavy atom. The lowest BCUT2D eigenvalue weighted by molar-refractivity contribution is 0.0690. The predicted octanol–water partition coefficient (Wildman–Crippen LogP) is 1.45. The third-order valence-electron chi connectivity index (χ3n) is 4.43. The molecule has 19 heavy (non-hydrogen) atoms. The first kappa shape index (κ1) is 12.4. The van der Waals surface area contributed by atoms with Crippen molar-refractivity contribution in [2.24, 2.45) is 0 Å². The van der Waals surface area contributed by atoms with Crippen molar-refractivity contribution in [3.8, 4) is 0 Å². The van der Waals surface area contributed by atoms with Crippen molar-refractivity contribution in [3.63, 3.8) is 0 Å². The van der Waals surface area contributed by atoms with Crippen LogP contribution in [0.5, 0.6) is 0 Å². The number of carboxylic acid groups (broad SMARTS) is 1. The van der Waals surface area contributed by atoms with E-state index in [4.69, 9.17) is 5.11 Å². The number of nitrogens with zero attached hydrogens (tertiary/aromatic N) is 3. The summed E-state index contributed by atoms with van der Waals surface area (Å²) >= 11 is 0. The number of carboxylic acids is 1. The Kier molecular flexibility index (Phi) is 3.14. The average molecular weight is 261 g/mol. The first-order valence-electron chi connectivity index (χ1n) is 6.82. The van der Waals surface area contributed by atoms with E-state index in [1.54, 1.807) is 12.1 Å². The quantitative estimate of drug-likeness (QED) is 0.873. The fourth-order valence-electron chi connectivity index (χ4n) is 3.24. The largest absolute Gasteiger partial charge is 0.477 e. The van der Waals surface area contributed by atoms with Crippen LogP contribution < -0.4 is 4.90 Å². The van der Waals surface area contributed by atoms with Crippen molar-refractivity contribution < 1.29 is 9.90 Å². The van der Waals surface area contributed by atoms with Crippen LogP contribution in [0.4, 0.5) is 5.82 Å². The molecule has 0 amide bonds. The minimum absolute atomic E-state index is 0.125. The zero-order valence-corrected chi connectivity index (χ0v) is 11.1. The zero-order valence-electron chi connectivity index (χ0n) is 11.1. The molecular formula is C14H19N3O2. The second kappa shape index (κ2) is 4.81. The van der Waals surface area contributed by atoms with Gasteiger partial charge in [0.05, 0.1) is 0 Å². The van der Waals surface area contributed by atoms with E-state index >= 15 is 0 Å². The summed E-state index contributed by atoms with van der Waals surface area (Å²) in [4.78, 5) is 20.0. The van der Waals surface area contributed by atoms with Gasteiger partial charge in [0.1, 0.15) is 5.82 Å². The molecule has 0 aliphatic carbocycles. The highest BCUT2D eigenvalue weighted by Gasteiger charge is 2.34. The van der Waals surface area contributed by atoms with Gasteiger partial charge >= 0.3 is 5.97 Å². The van der Waals surface area contributed by atoms with Gasteiger partial charge in [0, 0.05) is 25.2 Å². The summed E-state index contributed by atoms with van der Waals surface area (Å²) in [6.45, 7) is 1.91. The van der Waals surface area contributed by atoms with Crippen LogP contribution in [-0.4, -0.2) is 53.2 Å². The second-order valence-corrected chi connectivity index (χ2v) is 5.47. The number of anilines is 1. The van der Waals surface area contributed by atoms with Gasteiger partial charge in [0.25, 0.3) is 0 Å². The third kappa shape index (κ3) is 2.30. The van der Waals surface area contributed by atoms with Crippen molar-refractivity contribution in [3.05, 3.63) is 23.9 Å². The number of aromatic carboxylic acids is 1. The van der Waals surface area contributed by atoms with Gasteiger partial charge in [-0.2, -0.15) is 0 Å². The molecule has 2 aliphatic rings. The lowest BCUT2D eigenvalue weighted by atomic mass is 10.1. The molecule has 2 atom stereocenters. The number of aromatic nitrogens is 1. The minimum atomic E-state index is -0.963. The Morgan fingerprint density at radius 2 is 2.11 bits per heavy atom. The van der Waals surface area contributed by atoms with Gasteiger partial charge in [-0.1, -0.05) is 6.07 Å². The first-order chi connectivity index (χ1) is 9.15. The summed E-state index contributed by atoms with van der Waals surface area (Å²) in [7, 11) is 2.20. The van der Waals surface area contributed by atoms with Crippen LogP contribution in [-0.2, 0) is 0 Å². The molecule has 2 unspecified atom stereocenters. The van der Waals surface area contributed by atoms with Crippen molar-refractivity contribution in [2.75, 3.05) is 25.0 Å². The van der Waals surface area contributed by atoms with Crippen molar-refractivity contribution in [2.45, 2.75) is 31.3 Å². The monoisotopic (exact) mass is 261 g/mol. The molecule has 2 aliphatic heterocycles. The van der Waals surface area contributed by atoms with Crippen LogP contribution in [0.3, 0.4) is 0 Å². The summed E-state index contributed by atoms with van der Waals surface area (Å²) in [6, 6.07) is 6.48. The molecule has 0 aromatic carbocycles. The van der Waals surface area contributed by atoms with E-state index in [1.807, 2.05) is 6.07 Å². The van der Waals surface area contributed by atoms with E-state index in [-0.39, 0.29) is 5.69 Å². The molecule has 3 heterocycles. The average Bonchev–Trinajstić information content (AvgIpc) is 2.63. The molecule has 3 rings (SSSR count). The number of fused-ring (bicyclic) bond motifs is 2. The van der Waals surface area contributed by atoms with E-state index in [9.17, 15) is 4.79 Å². The molecule has 2 saturated heterocycles. The van der Waals surface area contributed by atoms with Gasteiger partial charge in [0.2, 0.25) is 0 Å². The molecule has 5 nitrogen and oxygen atoms in total. The molecule has 1 aromatic rings. The molecule has 1 N–H and O–H groups in total. The van der Waals surface area contributed by atoms with Gasteiger partial charge < -0.3 is 10.0 Å². The molecular weight excluding hydrogens is 242 g/mol. The van der Waals surface area contributed by atoms with Gasteiger partial charge in [-0.05, 0) is 38.4 Å². The Labute approximate surface area is 112 Å². The highest BCUT2D eigenvalue weighted by Crippen LogP contribution is 2.30. The molecule has 0 saturated carbocycles. The lowest BCUT2D eigenvalue weighted by Crippen LogP contribution is -2.37. The number of hydrogen-bond acceptors (Lipinski definition) is 4. The van der Waals surface area contributed by atoms with Gasteiger partial charge in [-0.15, -0.1) is 0 Å². The zero-order chi connectivity index (χ0) is 13.4. The van der Waals surface area contributed by atoms with Crippen LogP contribution >= 0.6 is 0 Å². The van der Waals surface area contributed by atoms with Crippen LogP contribution in [0.2, 0.25) is 0 Å². The maximum absolute atomic E-state index is 11.0. The van der Waals surface area contributed by atoms with E-state index < -0.39 is 5.97 Å². The SMILES string of the molecule is CN1C2CCC1CN(c1cccc(C(=O)O)n1)CC2. The molecule has 2 bridgehead atoms. The van der Waals surface area contributed by atoms with Crippen LogP contribution in [0.1, 0.15) is 29.8 Å². The molecule has 0 radical (unpaired) electrons. The number of rotatable bonds is 2. The predicted molar refractivity (Wildman–Crippen MR) is 72.6 cm³/mol. The summed E-state index contributed by atoms with van der Waals surface area (Å²) < 4.78 is 0. The van der Waals surface area contributed by atoms with E-state index in [0.717, 1.165) is 25.3 Å². The third-order valence-corrected chi connectivity index (χ3v) is 4.43. The molecule has 0 spiro atoms. The number of pyridine rings is 1. The fourth-order valence-corrected chi connectivity index (χ4v) is 3.24. The summed E-state index contributed by atoms with van der Waals surface area (Å²) in [5.74, 6) is -0.170. The smallest absolute Gasteiger partial charge is 0.354 e. The van der Waals surface area contributed by atoms with Crippen molar-refractivity contribution >= 4 is 11.8 Å². The first-order valence-corrected chi connectivity index (χ1v) is 6.82. The lowest BCUT2D eigenvalue weighted by Gasteiger charge is -2.26. The Balaban J connectivity index is 1.82. The van der Waals surface area contributed by atoms with Crippen molar-refractivity contribution in [1.29, 1.82) is 0 Å². The number of likely N-dealkylation sites (N-methyl/N-ethyl adjacent to an activating group) is 1. The highest BCUT2D eigenvalue weighted by atomic mass is 16.4. The molecule has 1 aromatic heterocycles. The van der Waals surface area contributed by atoms with E-state index in [0.29, 0.717) is 12.1 Å². The fraction of sp³-hybridized carbons (Fsp3) is 0.571. The Bertz CT molecular complexity index is 491. The molecule has 2 fully saturated rings. The van der Waals surface area contributed by atoms with Crippen molar-refractivity contribution in [1.82, 2.24) is 9.88 Å². The van der Waals surface area contributed by atoms with E-state index in [1.165, 1.54) is 12.8 Å². The summed E-state index contributed by atoms with van der Waals surface area (Å²) in [6.07, 6.45) is 3.65. The highest BCUT2D eigenvalue weighted by molar-refractivity contribution is 5.85. The number of carbonyl (C=O) groups is 1. The minimum Gasteiger partial charge on any atom is -0.477 e. The summed E-state index contributed by atoms with van der Waals surface area (Å²) in [5.41, 5.74) is 0.125. The molecule has 5 heteroatoms. The van der Waals surface area contributed by atoms with E-state index in [2.05, 4.69) is 21.8 Å². The number of hydrogen-bond donors (Lipinski definition) is 1. The standard InChI is InChI=1S/C14H19N3O2/c1-16-10-5-6-11(16)9-17(8-7-10)13-4-2-3-12(15-13)14(18)19/h2-4,10-11H,5-9H2,1H3,(H,18,19). The van der Waals surface area contributed by atoms with Gasteiger partial charge in [-0.3, -0.25) is 4.90 Å². The maximum atomic E-state index is 11.0. The van der Waals surface area contributed by atoms with Crippen LogP contribution in [0.25, 0.3) is 0 Å². The maximum Gasteiger partial charge on any atom is 0.354 e. The normalized spacial score (nSPS) is 27.3. The summed E-state index contributed by atoms with van der Waals surface area (Å²) in [5, 5.41) is 9.02. The Hall–Kier alpha value is -1.62. The van der Waals surface area contributed by atoms with Crippen LogP contribution in [0.15, 0.2) is 18.2 Å². The Morgan fingerprint density at radius 3 is 2.89 bits per heavy atom. The van der Waals surface area contributed by atoms with Gasteiger partial charge in [-0.25, -0.2) is 9.78 Å².